The number of fused-ring (bicyclic) bond motifs is 1. The van der Waals surface area contributed by atoms with E-state index in [9.17, 15) is 9.59 Å². The average Bonchev–Trinajstić information content (AvgIpc) is 2.73. The molecule has 0 bridgehead atoms. The third-order valence-electron chi connectivity index (χ3n) is 4.82. The fourth-order valence-electron chi connectivity index (χ4n) is 3.36. The van der Waals surface area contributed by atoms with Crippen molar-refractivity contribution in [1.29, 1.82) is 0 Å². The van der Waals surface area contributed by atoms with E-state index in [0.717, 1.165) is 10.9 Å². The van der Waals surface area contributed by atoms with Crippen LogP contribution in [0, 0.1) is 6.92 Å². The maximum atomic E-state index is 12.7. The molecule has 1 amide bonds. The standard InChI is InChI=1S/C24H18ClNO4/c1-14-6-5-8-18(22(14)29-2)23(27)26-16-10-11-17(20(25)13-16)19-12-15-7-3-4-9-21(15)30-24(19)28/h3-13H,1-2H3,(H,26,27). The van der Waals surface area contributed by atoms with E-state index in [4.69, 9.17) is 20.8 Å². The minimum absolute atomic E-state index is 0.315. The summed E-state index contributed by atoms with van der Waals surface area (Å²) in [6, 6.07) is 19.4. The summed E-state index contributed by atoms with van der Waals surface area (Å²) in [6.07, 6.45) is 0. The lowest BCUT2D eigenvalue weighted by atomic mass is 10.0. The van der Waals surface area contributed by atoms with Crippen molar-refractivity contribution >= 4 is 34.2 Å². The van der Waals surface area contributed by atoms with Gasteiger partial charge in [0.1, 0.15) is 11.3 Å². The maximum Gasteiger partial charge on any atom is 0.344 e. The van der Waals surface area contributed by atoms with E-state index in [1.807, 2.05) is 25.1 Å². The first-order valence-electron chi connectivity index (χ1n) is 9.25. The van der Waals surface area contributed by atoms with Crippen LogP contribution in [0.1, 0.15) is 15.9 Å². The molecule has 4 aromatic rings. The van der Waals surface area contributed by atoms with E-state index in [1.54, 1.807) is 48.5 Å². The summed E-state index contributed by atoms with van der Waals surface area (Å²) >= 11 is 6.44. The van der Waals surface area contributed by atoms with Gasteiger partial charge in [-0.2, -0.15) is 0 Å². The van der Waals surface area contributed by atoms with E-state index in [2.05, 4.69) is 5.32 Å². The Bertz CT molecular complexity index is 1330. The third kappa shape index (κ3) is 3.67. The Hall–Kier alpha value is -3.57. The monoisotopic (exact) mass is 419 g/mol. The van der Waals surface area contributed by atoms with Gasteiger partial charge in [0, 0.05) is 16.6 Å². The Balaban J connectivity index is 1.66. The zero-order valence-corrected chi connectivity index (χ0v) is 17.1. The molecule has 1 heterocycles. The lowest BCUT2D eigenvalue weighted by Gasteiger charge is -2.12. The zero-order valence-electron chi connectivity index (χ0n) is 16.4. The normalized spacial score (nSPS) is 10.8. The maximum absolute atomic E-state index is 12.7. The first kappa shape index (κ1) is 19.7. The number of hydrogen-bond donors (Lipinski definition) is 1. The first-order valence-corrected chi connectivity index (χ1v) is 9.63. The number of carbonyl (C=O) groups is 1. The van der Waals surface area contributed by atoms with Crippen LogP contribution in [-0.4, -0.2) is 13.0 Å². The Kier molecular flexibility index (Phi) is 5.29. The highest BCUT2D eigenvalue weighted by Gasteiger charge is 2.16. The fraction of sp³-hybridized carbons (Fsp3) is 0.0833. The molecule has 1 N–H and O–H groups in total. The zero-order chi connectivity index (χ0) is 21.3. The number of carbonyl (C=O) groups excluding carboxylic acids is 1. The first-order chi connectivity index (χ1) is 14.5. The number of para-hydroxylation sites is 2. The number of ether oxygens (including phenoxy) is 1. The third-order valence-corrected chi connectivity index (χ3v) is 5.13. The smallest absolute Gasteiger partial charge is 0.344 e. The summed E-state index contributed by atoms with van der Waals surface area (Å²) in [5, 5.41) is 3.94. The molecule has 1 aromatic heterocycles. The number of anilines is 1. The molecule has 5 nitrogen and oxygen atoms in total. The second-order valence-corrected chi connectivity index (χ2v) is 7.20. The number of benzene rings is 3. The van der Waals surface area contributed by atoms with Crippen LogP contribution in [0.4, 0.5) is 5.69 Å². The largest absolute Gasteiger partial charge is 0.496 e. The van der Waals surface area contributed by atoms with Crippen molar-refractivity contribution in [2.45, 2.75) is 6.92 Å². The van der Waals surface area contributed by atoms with Crippen molar-refractivity contribution in [3.63, 3.8) is 0 Å². The van der Waals surface area contributed by atoms with Crippen LogP contribution in [0.3, 0.4) is 0 Å². The Morgan fingerprint density at radius 3 is 2.57 bits per heavy atom. The molecular weight excluding hydrogens is 402 g/mol. The van der Waals surface area contributed by atoms with Crippen molar-refractivity contribution in [1.82, 2.24) is 0 Å². The van der Waals surface area contributed by atoms with Gasteiger partial charge in [0.15, 0.2) is 0 Å². The number of methoxy groups -OCH3 is 1. The van der Waals surface area contributed by atoms with E-state index in [1.165, 1.54) is 7.11 Å². The Morgan fingerprint density at radius 1 is 1.00 bits per heavy atom. The minimum atomic E-state index is -0.475. The summed E-state index contributed by atoms with van der Waals surface area (Å²) < 4.78 is 10.7. The summed E-state index contributed by atoms with van der Waals surface area (Å²) in [7, 11) is 1.53. The molecule has 0 radical (unpaired) electrons. The molecule has 3 aromatic carbocycles. The second-order valence-electron chi connectivity index (χ2n) is 6.79. The molecule has 0 saturated heterocycles. The van der Waals surface area contributed by atoms with Gasteiger partial charge in [-0.25, -0.2) is 4.79 Å². The van der Waals surface area contributed by atoms with Crippen LogP contribution in [0.25, 0.3) is 22.1 Å². The summed E-state index contributed by atoms with van der Waals surface area (Å²) in [4.78, 5) is 25.1. The molecule has 0 fully saturated rings. The van der Waals surface area contributed by atoms with Gasteiger partial charge >= 0.3 is 5.63 Å². The van der Waals surface area contributed by atoms with Crippen LogP contribution < -0.4 is 15.7 Å². The molecule has 0 aliphatic carbocycles. The molecule has 0 atom stereocenters. The van der Waals surface area contributed by atoms with Crippen molar-refractivity contribution in [3.05, 3.63) is 93.3 Å². The number of hydrogen-bond acceptors (Lipinski definition) is 4. The second kappa shape index (κ2) is 8.05. The fourth-order valence-corrected chi connectivity index (χ4v) is 3.64. The number of amides is 1. The Morgan fingerprint density at radius 2 is 1.80 bits per heavy atom. The van der Waals surface area contributed by atoms with Crippen LogP contribution in [0.5, 0.6) is 5.75 Å². The predicted molar refractivity (Wildman–Crippen MR) is 119 cm³/mol. The molecule has 0 aliphatic rings. The van der Waals surface area contributed by atoms with Crippen molar-refractivity contribution in [2.75, 3.05) is 12.4 Å². The number of rotatable bonds is 4. The molecule has 0 aliphatic heterocycles. The molecule has 0 spiro atoms. The highest BCUT2D eigenvalue weighted by atomic mass is 35.5. The van der Waals surface area contributed by atoms with E-state index >= 15 is 0 Å². The molecule has 4 rings (SSSR count). The number of aryl methyl sites for hydroxylation is 1. The average molecular weight is 420 g/mol. The van der Waals surface area contributed by atoms with Gasteiger partial charge in [0.2, 0.25) is 0 Å². The van der Waals surface area contributed by atoms with Crippen LogP contribution in [-0.2, 0) is 0 Å². The predicted octanol–water partition coefficient (Wildman–Crippen LogP) is 5.68. The molecule has 0 unspecified atom stereocenters. The van der Waals surface area contributed by atoms with Gasteiger partial charge in [-0.05, 0) is 42.8 Å². The minimum Gasteiger partial charge on any atom is -0.496 e. The van der Waals surface area contributed by atoms with Crippen LogP contribution >= 0.6 is 11.6 Å². The van der Waals surface area contributed by atoms with Crippen molar-refractivity contribution in [3.8, 4) is 16.9 Å². The lowest BCUT2D eigenvalue weighted by Crippen LogP contribution is -2.13. The topological polar surface area (TPSA) is 68.5 Å². The summed E-state index contributed by atoms with van der Waals surface area (Å²) in [5.74, 6) is 0.205. The van der Waals surface area contributed by atoms with E-state index in [-0.39, 0.29) is 5.91 Å². The van der Waals surface area contributed by atoms with Crippen LogP contribution in [0.2, 0.25) is 5.02 Å². The summed E-state index contributed by atoms with van der Waals surface area (Å²) in [5.41, 5.74) is 2.71. The molecule has 150 valence electrons. The van der Waals surface area contributed by atoms with Gasteiger partial charge in [0.25, 0.3) is 5.91 Å². The van der Waals surface area contributed by atoms with Gasteiger partial charge in [-0.1, -0.05) is 48.0 Å². The Labute approximate surface area is 177 Å². The SMILES string of the molecule is COc1c(C)cccc1C(=O)Nc1ccc(-c2cc3ccccc3oc2=O)c(Cl)c1. The van der Waals surface area contributed by atoms with Crippen LogP contribution in [0.15, 0.2) is 75.9 Å². The van der Waals surface area contributed by atoms with Gasteiger partial charge < -0.3 is 14.5 Å². The lowest BCUT2D eigenvalue weighted by molar-refractivity contribution is 0.102. The number of halogens is 1. The van der Waals surface area contributed by atoms with Crippen molar-refractivity contribution < 1.29 is 13.9 Å². The highest BCUT2D eigenvalue weighted by Crippen LogP contribution is 2.31. The molecular formula is C24H18ClNO4. The summed E-state index contributed by atoms with van der Waals surface area (Å²) in [6.45, 7) is 1.87. The van der Waals surface area contributed by atoms with Gasteiger partial charge in [-0.3, -0.25) is 4.79 Å². The molecule has 0 saturated carbocycles. The number of nitrogens with one attached hydrogen (secondary N) is 1. The van der Waals surface area contributed by atoms with Gasteiger partial charge in [0.05, 0.1) is 23.3 Å². The highest BCUT2D eigenvalue weighted by molar-refractivity contribution is 6.33. The molecule has 30 heavy (non-hydrogen) atoms. The van der Waals surface area contributed by atoms with Crippen molar-refractivity contribution in [2.24, 2.45) is 0 Å². The van der Waals surface area contributed by atoms with Gasteiger partial charge in [-0.15, -0.1) is 0 Å². The molecule has 6 heteroatoms. The van der Waals surface area contributed by atoms with E-state index < -0.39 is 5.63 Å². The quantitative estimate of drug-likeness (QED) is 0.432. The van der Waals surface area contributed by atoms with E-state index in [0.29, 0.717) is 38.7 Å².